The van der Waals surface area contributed by atoms with Crippen molar-refractivity contribution in [1.82, 2.24) is 29.2 Å². The zero-order valence-electron chi connectivity index (χ0n) is 15.7. The van der Waals surface area contributed by atoms with Crippen molar-refractivity contribution in [1.29, 1.82) is 0 Å². The Bertz CT molecular complexity index is 714. The number of fused-ring (bicyclic) bond motifs is 1. The summed E-state index contributed by atoms with van der Waals surface area (Å²) < 4.78 is 14.9. The van der Waals surface area contributed by atoms with Gasteiger partial charge < -0.3 is 12.4 Å². The van der Waals surface area contributed by atoms with Gasteiger partial charge in [-0.3, -0.25) is 0 Å². The van der Waals surface area contributed by atoms with Gasteiger partial charge in [0.2, 0.25) is 0 Å². The fourth-order valence-corrected chi connectivity index (χ4v) is 8.71. The predicted octanol–water partition coefficient (Wildman–Crippen LogP) is -0.171. The standard InChI is InChI=1S/C18H28N6OP.ClH/c1-2-10-18-17(9-1)19-20-24(18)25-26(21-11-3-4-12-21,22-13-5-6-14-22)23-15-7-8-16-23;/h1-2,9-10H,3-8,11-16H2;1H/q+1;/p-1. The zero-order valence-corrected chi connectivity index (χ0v) is 17.4. The molecule has 3 saturated heterocycles. The van der Waals surface area contributed by atoms with Gasteiger partial charge in [0.25, 0.3) is 0 Å². The zero-order chi connectivity index (χ0) is 17.4. The van der Waals surface area contributed by atoms with Crippen LogP contribution in [0.25, 0.3) is 11.0 Å². The second kappa shape index (κ2) is 8.18. The Balaban J connectivity index is 0.00000180. The van der Waals surface area contributed by atoms with Crippen LogP contribution in [0.3, 0.4) is 0 Å². The summed E-state index contributed by atoms with van der Waals surface area (Å²) in [7, 11) is -2.07. The van der Waals surface area contributed by atoms with E-state index in [1.165, 1.54) is 38.5 Å². The van der Waals surface area contributed by atoms with Crippen LogP contribution in [0.15, 0.2) is 24.3 Å². The number of halogens is 1. The number of para-hydroxylation sites is 1. The summed E-state index contributed by atoms with van der Waals surface area (Å²) in [5.41, 5.74) is 1.87. The van der Waals surface area contributed by atoms with Gasteiger partial charge >= 0.3 is 7.94 Å². The first-order valence-electron chi connectivity index (χ1n) is 10.0. The van der Waals surface area contributed by atoms with Gasteiger partial charge in [-0.25, -0.2) is 0 Å². The van der Waals surface area contributed by atoms with Gasteiger partial charge in [-0.1, -0.05) is 12.1 Å². The van der Waals surface area contributed by atoms with E-state index >= 15 is 0 Å². The summed E-state index contributed by atoms with van der Waals surface area (Å²) >= 11 is 0. The largest absolute Gasteiger partial charge is 1.00 e. The van der Waals surface area contributed by atoms with E-state index in [0.29, 0.717) is 0 Å². The van der Waals surface area contributed by atoms with E-state index in [0.717, 1.165) is 50.3 Å². The lowest BCUT2D eigenvalue weighted by Crippen LogP contribution is -3.00. The number of aromatic nitrogens is 3. The summed E-state index contributed by atoms with van der Waals surface area (Å²) in [6.45, 7) is 6.79. The molecule has 0 bridgehead atoms. The van der Waals surface area contributed by atoms with E-state index in [1.807, 2.05) is 18.2 Å². The molecule has 1 aromatic carbocycles. The van der Waals surface area contributed by atoms with Crippen LogP contribution in [0.4, 0.5) is 0 Å². The average Bonchev–Trinajstić information content (AvgIpc) is 3.49. The van der Waals surface area contributed by atoms with Crippen LogP contribution in [0.1, 0.15) is 38.5 Å². The van der Waals surface area contributed by atoms with Crippen molar-refractivity contribution in [2.45, 2.75) is 38.5 Å². The molecule has 0 saturated carbocycles. The van der Waals surface area contributed by atoms with Crippen molar-refractivity contribution >= 4 is 19.0 Å². The smallest absolute Gasteiger partial charge is 0.451 e. The van der Waals surface area contributed by atoms with Crippen molar-refractivity contribution in [3.05, 3.63) is 24.3 Å². The van der Waals surface area contributed by atoms with Gasteiger partial charge in [0.15, 0.2) is 0 Å². The number of rotatable bonds is 5. The first-order valence-corrected chi connectivity index (χ1v) is 11.6. The Hall–Kier alpha value is -0.980. The highest BCUT2D eigenvalue weighted by Crippen LogP contribution is 2.68. The third-order valence-electron chi connectivity index (χ3n) is 5.86. The van der Waals surface area contributed by atoms with Crippen molar-refractivity contribution in [2.75, 3.05) is 39.3 Å². The normalized spacial score (nSPS) is 22.5. The van der Waals surface area contributed by atoms with E-state index in [-0.39, 0.29) is 12.4 Å². The molecule has 0 unspecified atom stereocenters. The molecule has 27 heavy (non-hydrogen) atoms. The molecule has 148 valence electrons. The predicted molar refractivity (Wildman–Crippen MR) is 103 cm³/mol. The molecule has 9 heteroatoms. The van der Waals surface area contributed by atoms with Crippen molar-refractivity contribution < 1.29 is 17.0 Å². The quantitative estimate of drug-likeness (QED) is 0.638. The molecule has 3 aliphatic rings. The molecule has 2 aromatic rings. The molecule has 3 fully saturated rings. The SMILES string of the molecule is [Cl-].c1ccc2c(c1)nnn2O[P+](N1CCCC1)(N1CCCC1)N1CCCC1. The van der Waals surface area contributed by atoms with Gasteiger partial charge in [-0.15, -0.1) is 19.1 Å². The minimum absolute atomic E-state index is 0. The Labute approximate surface area is 167 Å². The van der Waals surface area contributed by atoms with Crippen LogP contribution in [-0.2, 0) is 0 Å². The van der Waals surface area contributed by atoms with Crippen molar-refractivity contribution in [2.24, 2.45) is 0 Å². The average molecular weight is 411 g/mol. The molecule has 0 amide bonds. The lowest BCUT2D eigenvalue weighted by Gasteiger charge is -2.39. The lowest BCUT2D eigenvalue weighted by molar-refractivity contribution is -0.00000687. The van der Waals surface area contributed by atoms with E-state index in [1.54, 1.807) is 4.85 Å². The van der Waals surface area contributed by atoms with Crippen LogP contribution in [-0.4, -0.2) is 68.4 Å². The number of benzene rings is 1. The molecule has 0 aliphatic carbocycles. The van der Waals surface area contributed by atoms with Gasteiger partial charge in [-0.05, 0) is 60.7 Å². The number of nitrogens with zero attached hydrogens (tertiary/aromatic N) is 6. The Morgan fingerprint density at radius 2 is 1.22 bits per heavy atom. The lowest BCUT2D eigenvalue weighted by atomic mass is 10.3. The highest BCUT2D eigenvalue weighted by Gasteiger charge is 2.63. The summed E-state index contributed by atoms with van der Waals surface area (Å²) in [6, 6.07) is 8.10. The molecule has 0 atom stereocenters. The summed E-state index contributed by atoms with van der Waals surface area (Å²) in [4.78, 5) is 1.72. The van der Waals surface area contributed by atoms with Crippen molar-refractivity contribution in [3.63, 3.8) is 0 Å². The molecule has 0 N–H and O–H groups in total. The van der Waals surface area contributed by atoms with Gasteiger partial charge in [-0.2, -0.15) is 4.62 Å². The van der Waals surface area contributed by atoms with E-state index in [9.17, 15) is 0 Å². The maximum absolute atomic E-state index is 6.94. The molecule has 7 nitrogen and oxygen atoms in total. The Kier molecular flexibility index (Phi) is 5.86. The third kappa shape index (κ3) is 3.34. The molecule has 0 spiro atoms. The van der Waals surface area contributed by atoms with Crippen LogP contribution in [0, 0.1) is 0 Å². The third-order valence-corrected chi connectivity index (χ3v) is 9.65. The highest BCUT2D eigenvalue weighted by atomic mass is 35.5. The number of hydrogen-bond donors (Lipinski definition) is 0. The molecule has 3 aliphatic heterocycles. The van der Waals surface area contributed by atoms with E-state index in [4.69, 9.17) is 4.62 Å². The van der Waals surface area contributed by atoms with Crippen LogP contribution < -0.4 is 17.0 Å². The van der Waals surface area contributed by atoms with Crippen molar-refractivity contribution in [3.8, 4) is 0 Å². The van der Waals surface area contributed by atoms with E-state index in [2.05, 4.69) is 30.4 Å². The minimum Gasteiger partial charge on any atom is -1.00 e. The molecule has 1 aromatic heterocycles. The fraction of sp³-hybridized carbons (Fsp3) is 0.667. The van der Waals surface area contributed by atoms with Gasteiger partial charge in [0.05, 0.1) is 0 Å². The van der Waals surface area contributed by atoms with Crippen LogP contribution in [0.2, 0.25) is 0 Å². The summed E-state index contributed by atoms with van der Waals surface area (Å²) in [5, 5.41) is 8.72. The molecule has 5 rings (SSSR count). The van der Waals surface area contributed by atoms with Gasteiger partial charge in [0.1, 0.15) is 11.0 Å². The summed E-state index contributed by atoms with van der Waals surface area (Å²) in [6.07, 6.45) is 7.61. The monoisotopic (exact) mass is 410 g/mol. The molecular formula is C18H28ClN6OP. The van der Waals surface area contributed by atoms with Crippen LogP contribution >= 0.6 is 7.94 Å². The first-order chi connectivity index (χ1) is 12.9. The molecule has 0 radical (unpaired) electrons. The minimum atomic E-state index is -2.07. The second-order valence-corrected chi connectivity index (χ2v) is 10.4. The van der Waals surface area contributed by atoms with E-state index < -0.39 is 7.94 Å². The summed E-state index contributed by atoms with van der Waals surface area (Å²) in [5.74, 6) is 0. The maximum Gasteiger partial charge on any atom is 0.451 e. The first kappa shape index (κ1) is 19.3. The highest BCUT2D eigenvalue weighted by molar-refractivity contribution is 7.64. The Morgan fingerprint density at radius 1 is 0.741 bits per heavy atom. The van der Waals surface area contributed by atoms with Crippen LogP contribution in [0.5, 0.6) is 0 Å². The van der Waals surface area contributed by atoms with Gasteiger partial charge in [0, 0.05) is 39.3 Å². The molecular weight excluding hydrogens is 383 g/mol. The second-order valence-electron chi connectivity index (χ2n) is 7.53. The Morgan fingerprint density at radius 3 is 1.74 bits per heavy atom. The fourth-order valence-electron chi connectivity index (χ4n) is 4.59. The molecule has 4 heterocycles. The number of hydrogen-bond acceptors (Lipinski definition) is 6. The maximum atomic E-state index is 6.94. The topological polar surface area (TPSA) is 49.7 Å².